The second-order valence-corrected chi connectivity index (χ2v) is 6.79. The van der Waals surface area contributed by atoms with Gasteiger partial charge in [0, 0.05) is 12.5 Å². The van der Waals surface area contributed by atoms with Crippen LogP contribution in [0.4, 0.5) is 5.69 Å². The van der Waals surface area contributed by atoms with Crippen molar-refractivity contribution in [1.29, 1.82) is 0 Å². The van der Waals surface area contributed by atoms with Gasteiger partial charge in [-0.05, 0) is 62.7 Å². The number of carbonyl (C=O) groups is 1. The number of aromatic hydroxyl groups is 1. The summed E-state index contributed by atoms with van der Waals surface area (Å²) in [5.41, 5.74) is 1.67. The summed E-state index contributed by atoms with van der Waals surface area (Å²) in [5.74, 6) is 0.985. The first kappa shape index (κ1) is 18.3. The fourth-order valence-electron chi connectivity index (χ4n) is 3.23. The van der Waals surface area contributed by atoms with E-state index in [2.05, 4.69) is 23.2 Å². The number of likely N-dealkylation sites (tertiary alicyclic amines) is 1. The van der Waals surface area contributed by atoms with Crippen LogP contribution in [0.5, 0.6) is 11.5 Å². The fourth-order valence-corrected chi connectivity index (χ4v) is 3.23. The molecule has 0 atom stereocenters. The number of aryl methyl sites for hydroxylation is 1. The molecule has 138 valence electrons. The van der Waals surface area contributed by atoms with Crippen LogP contribution in [-0.2, 0) is 4.79 Å². The summed E-state index contributed by atoms with van der Waals surface area (Å²) in [7, 11) is 0. The maximum Gasteiger partial charge on any atom is 0.227 e. The molecule has 0 spiro atoms. The van der Waals surface area contributed by atoms with Crippen LogP contribution in [0, 0.1) is 12.8 Å². The molecule has 2 N–H and O–H groups in total. The van der Waals surface area contributed by atoms with Crippen LogP contribution in [0.3, 0.4) is 0 Å². The summed E-state index contributed by atoms with van der Waals surface area (Å²) >= 11 is 0. The summed E-state index contributed by atoms with van der Waals surface area (Å²) in [6.45, 7) is 5.34. The number of benzene rings is 2. The van der Waals surface area contributed by atoms with E-state index in [0.29, 0.717) is 12.3 Å². The molecule has 5 heteroatoms. The first-order chi connectivity index (χ1) is 12.6. The minimum atomic E-state index is -0.0119. The van der Waals surface area contributed by atoms with Gasteiger partial charge in [0.15, 0.2) is 0 Å². The Balaban J connectivity index is 1.40. The van der Waals surface area contributed by atoms with Crippen LogP contribution in [-0.4, -0.2) is 42.2 Å². The van der Waals surface area contributed by atoms with E-state index in [1.807, 2.05) is 18.2 Å². The predicted octanol–water partition coefficient (Wildman–Crippen LogP) is 3.43. The highest BCUT2D eigenvalue weighted by molar-refractivity contribution is 5.93. The number of anilines is 1. The number of phenols is 1. The van der Waals surface area contributed by atoms with Crippen molar-refractivity contribution in [2.24, 2.45) is 5.92 Å². The maximum absolute atomic E-state index is 12.4. The zero-order valence-electron chi connectivity index (χ0n) is 15.1. The number of nitrogens with one attached hydrogen (secondary N) is 1. The molecule has 2 aromatic rings. The Morgan fingerprint density at radius 3 is 2.69 bits per heavy atom. The SMILES string of the molecule is Cc1cccc(OCCN2CCC(C(=O)Nc3ccccc3O)CC2)c1. The number of rotatable bonds is 6. The average molecular weight is 354 g/mol. The van der Waals surface area contributed by atoms with Gasteiger partial charge in [0.2, 0.25) is 5.91 Å². The highest BCUT2D eigenvalue weighted by atomic mass is 16.5. The van der Waals surface area contributed by atoms with Gasteiger partial charge in [-0.2, -0.15) is 0 Å². The van der Waals surface area contributed by atoms with Gasteiger partial charge in [-0.25, -0.2) is 0 Å². The standard InChI is InChI=1S/C21H26N2O3/c1-16-5-4-6-18(15-16)26-14-13-23-11-9-17(10-12-23)21(25)22-19-7-2-3-8-20(19)24/h2-8,15,17,24H,9-14H2,1H3,(H,22,25). The number of amides is 1. The largest absolute Gasteiger partial charge is 0.506 e. The number of nitrogens with zero attached hydrogens (tertiary/aromatic N) is 1. The van der Waals surface area contributed by atoms with Crippen molar-refractivity contribution < 1.29 is 14.6 Å². The third-order valence-corrected chi connectivity index (χ3v) is 4.79. The molecule has 0 aliphatic carbocycles. The number of carbonyl (C=O) groups excluding carboxylic acids is 1. The predicted molar refractivity (Wildman–Crippen MR) is 103 cm³/mol. The monoisotopic (exact) mass is 354 g/mol. The van der Waals surface area contributed by atoms with E-state index in [4.69, 9.17) is 4.74 Å². The number of hydrogen-bond acceptors (Lipinski definition) is 4. The molecular weight excluding hydrogens is 328 g/mol. The van der Waals surface area contributed by atoms with Crippen molar-refractivity contribution in [3.05, 3.63) is 54.1 Å². The smallest absolute Gasteiger partial charge is 0.227 e. The van der Waals surface area contributed by atoms with E-state index in [-0.39, 0.29) is 17.6 Å². The van der Waals surface area contributed by atoms with Crippen LogP contribution in [0.1, 0.15) is 18.4 Å². The Kier molecular flexibility index (Phi) is 6.12. The summed E-state index contributed by atoms with van der Waals surface area (Å²) < 4.78 is 5.81. The van der Waals surface area contributed by atoms with Crippen molar-refractivity contribution in [3.8, 4) is 11.5 Å². The Labute approximate surface area is 154 Å². The van der Waals surface area contributed by atoms with E-state index in [1.165, 1.54) is 5.56 Å². The van der Waals surface area contributed by atoms with Crippen LogP contribution in [0.25, 0.3) is 0 Å². The number of para-hydroxylation sites is 2. The topological polar surface area (TPSA) is 61.8 Å². The molecule has 1 heterocycles. The first-order valence-corrected chi connectivity index (χ1v) is 9.12. The third-order valence-electron chi connectivity index (χ3n) is 4.79. The highest BCUT2D eigenvalue weighted by Crippen LogP contribution is 2.24. The van der Waals surface area contributed by atoms with Crippen LogP contribution >= 0.6 is 0 Å². The van der Waals surface area contributed by atoms with Gasteiger partial charge >= 0.3 is 0 Å². The lowest BCUT2D eigenvalue weighted by Gasteiger charge is -2.31. The minimum absolute atomic E-state index is 0.0106. The summed E-state index contributed by atoms with van der Waals surface area (Å²) in [6, 6.07) is 14.9. The van der Waals surface area contributed by atoms with Crippen LogP contribution in [0.2, 0.25) is 0 Å². The Morgan fingerprint density at radius 2 is 1.96 bits per heavy atom. The van der Waals surface area contributed by atoms with E-state index < -0.39 is 0 Å². The molecule has 0 saturated carbocycles. The number of hydrogen-bond donors (Lipinski definition) is 2. The van der Waals surface area contributed by atoms with Crippen molar-refractivity contribution in [2.45, 2.75) is 19.8 Å². The van der Waals surface area contributed by atoms with Gasteiger partial charge in [0.05, 0.1) is 5.69 Å². The zero-order chi connectivity index (χ0) is 18.4. The molecular formula is C21H26N2O3. The van der Waals surface area contributed by atoms with Gasteiger partial charge in [0.1, 0.15) is 18.1 Å². The number of piperidine rings is 1. The summed E-state index contributed by atoms with van der Waals surface area (Å²) in [4.78, 5) is 14.7. The zero-order valence-corrected chi connectivity index (χ0v) is 15.1. The Morgan fingerprint density at radius 1 is 1.19 bits per heavy atom. The molecule has 1 fully saturated rings. The lowest BCUT2D eigenvalue weighted by atomic mass is 9.96. The molecule has 1 amide bonds. The molecule has 26 heavy (non-hydrogen) atoms. The van der Waals surface area contributed by atoms with Crippen LogP contribution < -0.4 is 10.1 Å². The highest BCUT2D eigenvalue weighted by Gasteiger charge is 2.25. The summed E-state index contributed by atoms with van der Waals surface area (Å²) in [6.07, 6.45) is 1.65. The number of ether oxygens (including phenoxy) is 1. The van der Waals surface area contributed by atoms with E-state index in [0.717, 1.165) is 38.2 Å². The minimum Gasteiger partial charge on any atom is -0.506 e. The molecule has 0 bridgehead atoms. The lowest BCUT2D eigenvalue weighted by Crippen LogP contribution is -2.39. The van der Waals surface area contributed by atoms with Gasteiger partial charge in [-0.15, -0.1) is 0 Å². The van der Waals surface area contributed by atoms with E-state index in [1.54, 1.807) is 24.3 Å². The van der Waals surface area contributed by atoms with Crippen LogP contribution in [0.15, 0.2) is 48.5 Å². The second kappa shape index (κ2) is 8.72. The third kappa shape index (κ3) is 4.99. The Bertz CT molecular complexity index is 740. The quantitative estimate of drug-likeness (QED) is 0.780. The van der Waals surface area contributed by atoms with Crippen molar-refractivity contribution >= 4 is 11.6 Å². The molecule has 3 rings (SSSR count). The van der Waals surface area contributed by atoms with Crippen molar-refractivity contribution in [1.82, 2.24) is 4.90 Å². The normalized spacial score (nSPS) is 15.6. The van der Waals surface area contributed by atoms with E-state index in [9.17, 15) is 9.90 Å². The molecule has 2 aromatic carbocycles. The maximum atomic E-state index is 12.4. The van der Waals surface area contributed by atoms with E-state index >= 15 is 0 Å². The average Bonchev–Trinajstić information content (AvgIpc) is 2.64. The van der Waals surface area contributed by atoms with Crippen molar-refractivity contribution in [2.75, 3.05) is 31.6 Å². The molecule has 0 unspecified atom stereocenters. The van der Waals surface area contributed by atoms with Gasteiger partial charge in [-0.1, -0.05) is 24.3 Å². The first-order valence-electron chi connectivity index (χ1n) is 9.12. The molecule has 0 aromatic heterocycles. The fraction of sp³-hybridized carbons (Fsp3) is 0.381. The van der Waals surface area contributed by atoms with Gasteiger partial charge in [-0.3, -0.25) is 9.69 Å². The van der Waals surface area contributed by atoms with Gasteiger partial charge < -0.3 is 15.2 Å². The number of phenolic OH excluding ortho intramolecular Hbond substituents is 1. The molecule has 0 radical (unpaired) electrons. The molecule has 1 saturated heterocycles. The second-order valence-electron chi connectivity index (χ2n) is 6.79. The van der Waals surface area contributed by atoms with Gasteiger partial charge in [0.25, 0.3) is 0 Å². The Hall–Kier alpha value is -2.53. The van der Waals surface area contributed by atoms with Crippen molar-refractivity contribution in [3.63, 3.8) is 0 Å². The molecule has 1 aliphatic heterocycles. The summed E-state index contributed by atoms with van der Waals surface area (Å²) in [5, 5.41) is 12.6. The molecule has 5 nitrogen and oxygen atoms in total. The lowest BCUT2D eigenvalue weighted by molar-refractivity contribution is -0.121. The molecule has 1 aliphatic rings.